The fraction of sp³-hybridized carbons (Fsp3) is 0.333. The molecule has 1 N–H and O–H groups in total. The van der Waals surface area contributed by atoms with Crippen molar-refractivity contribution < 1.29 is 8.42 Å². The van der Waals surface area contributed by atoms with Crippen LogP contribution in [0.4, 0.5) is 0 Å². The third-order valence-corrected chi connectivity index (χ3v) is 6.70. The summed E-state index contributed by atoms with van der Waals surface area (Å²) in [6.07, 6.45) is 0. The third kappa shape index (κ3) is 3.77. The van der Waals surface area contributed by atoms with E-state index in [2.05, 4.69) is 4.72 Å². The van der Waals surface area contributed by atoms with E-state index in [1.54, 1.807) is 18.2 Å². The van der Waals surface area contributed by atoms with Crippen LogP contribution in [0.2, 0.25) is 10.0 Å². The number of benzene rings is 2. The van der Waals surface area contributed by atoms with Crippen molar-refractivity contribution in [3.63, 3.8) is 0 Å². The van der Waals surface area contributed by atoms with Crippen molar-refractivity contribution in [3.05, 3.63) is 61.6 Å². The van der Waals surface area contributed by atoms with Gasteiger partial charge >= 0.3 is 0 Å². The second kappa shape index (κ2) is 7.04. The lowest BCUT2D eigenvalue weighted by Crippen LogP contribution is -2.25. The first-order valence-corrected chi connectivity index (χ1v) is 9.80. The van der Waals surface area contributed by atoms with Gasteiger partial charge in [-0.25, -0.2) is 13.1 Å². The molecule has 0 fully saturated rings. The molecule has 0 unspecified atom stereocenters. The van der Waals surface area contributed by atoms with Gasteiger partial charge in [0.05, 0.1) is 4.90 Å². The number of hydrogen-bond donors (Lipinski definition) is 1. The molecular weight excluding hydrogens is 365 g/mol. The molecule has 0 amide bonds. The maximum Gasteiger partial charge on any atom is 0.241 e. The Morgan fingerprint density at radius 1 is 0.792 bits per heavy atom. The van der Waals surface area contributed by atoms with Gasteiger partial charge in [0, 0.05) is 16.6 Å². The Hall–Kier alpha value is -1.07. The molecule has 3 nitrogen and oxygen atoms in total. The zero-order valence-electron chi connectivity index (χ0n) is 14.4. The Kier molecular flexibility index (Phi) is 5.65. The van der Waals surface area contributed by atoms with E-state index in [1.165, 1.54) is 0 Å². The van der Waals surface area contributed by atoms with E-state index >= 15 is 0 Å². The van der Waals surface area contributed by atoms with Gasteiger partial charge in [-0.05, 0) is 86.2 Å². The van der Waals surface area contributed by atoms with Gasteiger partial charge in [0.15, 0.2) is 0 Å². The van der Waals surface area contributed by atoms with E-state index in [4.69, 9.17) is 23.2 Å². The number of halogens is 2. The summed E-state index contributed by atoms with van der Waals surface area (Å²) >= 11 is 11.9. The summed E-state index contributed by atoms with van der Waals surface area (Å²) in [5.74, 6) is 0. The molecule has 2 aromatic carbocycles. The van der Waals surface area contributed by atoms with Crippen molar-refractivity contribution in [2.24, 2.45) is 0 Å². The maximum atomic E-state index is 12.9. The monoisotopic (exact) mass is 385 g/mol. The quantitative estimate of drug-likeness (QED) is 0.803. The molecular formula is C18H21Cl2NO2S. The first-order chi connectivity index (χ1) is 11.0. The molecule has 130 valence electrons. The van der Waals surface area contributed by atoms with Gasteiger partial charge in [0.2, 0.25) is 10.0 Å². The van der Waals surface area contributed by atoms with Crippen LogP contribution in [-0.4, -0.2) is 8.42 Å². The Morgan fingerprint density at radius 3 is 1.67 bits per heavy atom. The fourth-order valence-corrected chi connectivity index (χ4v) is 5.02. The number of nitrogens with one attached hydrogen (secondary N) is 1. The number of rotatable bonds is 4. The average molecular weight is 386 g/mol. The molecule has 0 radical (unpaired) electrons. The standard InChI is InChI=1S/C18H21Cl2NO2S/c1-10-11(2)13(4)18(14(5)12(10)3)24(22,23)21-9-15-6-16(19)8-17(20)7-15/h6-8,21H,9H2,1-5H3. The maximum absolute atomic E-state index is 12.9. The largest absolute Gasteiger partial charge is 0.241 e. The van der Waals surface area contributed by atoms with Crippen LogP contribution in [0.3, 0.4) is 0 Å². The molecule has 0 aliphatic rings. The average Bonchev–Trinajstić information content (AvgIpc) is 2.48. The Labute approximate surface area is 154 Å². The van der Waals surface area contributed by atoms with Gasteiger partial charge in [-0.3, -0.25) is 0 Å². The highest BCUT2D eigenvalue weighted by Gasteiger charge is 2.23. The molecule has 0 saturated heterocycles. The van der Waals surface area contributed by atoms with Gasteiger partial charge in [-0.2, -0.15) is 0 Å². The molecule has 0 aliphatic carbocycles. The lowest BCUT2D eigenvalue weighted by molar-refractivity contribution is 0.579. The second-order valence-corrected chi connectivity index (χ2v) is 8.63. The Balaban J connectivity index is 2.41. The molecule has 0 aliphatic heterocycles. The lowest BCUT2D eigenvalue weighted by atomic mass is 9.95. The normalized spacial score (nSPS) is 11.8. The van der Waals surface area contributed by atoms with Crippen molar-refractivity contribution in [1.29, 1.82) is 0 Å². The summed E-state index contributed by atoms with van der Waals surface area (Å²) in [6.45, 7) is 9.74. The van der Waals surface area contributed by atoms with Crippen LogP contribution in [0, 0.1) is 34.6 Å². The van der Waals surface area contributed by atoms with E-state index in [9.17, 15) is 8.42 Å². The van der Waals surface area contributed by atoms with Crippen LogP contribution in [0.5, 0.6) is 0 Å². The van der Waals surface area contributed by atoms with Crippen molar-refractivity contribution in [2.75, 3.05) is 0 Å². The Bertz CT molecular complexity index is 856. The van der Waals surface area contributed by atoms with E-state index < -0.39 is 10.0 Å². The van der Waals surface area contributed by atoms with Crippen molar-refractivity contribution in [1.82, 2.24) is 4.72 Å². The molecule has 0 spiro atoms. The highest BCUT2D eigenvalue weighted by molar-refractivity contribution is 7.89. The van der Waals surface area contributed by atoms with Gasteiger partial charge in [-0.15, -0.1) is 0 Å². The smallest absolute Gasteiger partial charge is 0.207 e. The van der Waals surface area contributed by atoms with Gasteiger partial charge in [0.1, 0.15) is 0 Å². The van der Waals surface area contributed by atoms with Crippen LogP contribution in [0.25, 0.3) is 0 Å². The zero-order chi connectivity index (χ0) is 18.2. The van der Waals surface area contributed by atoms with Crippen molar-refractivity contribution in [2.45, 2.75) is 46.1 Å². The predicted molar refractivity (Wildman–Crippen MR) is 101 cm³/mol. The molecule has 2 aromatic rings. The fourth-order valence-electron chi connectivity index (χ4n) is 2.83. The van der Waals surface area contributed by atoms with E-state index in [1.807, 2.05) is 34.6 Å². The number of hydrogen-bond acceptors (Lipinski definition) is 2. The Morgan fingerprint density at radius 2 is 1.21 bits per heavy atom. The van der Waals surface area contributed by atoms with Gasteiger partial charge < -0.3 is 0 Å². The van der Waals surface area contributed by atoms with Gasteiger partial charge in [0.25, 0.3) is 0 Å². The van der Waals surface area contributed by atoms with E-state index in [-0.39, 0.29) is 6.54 Å². The molecule has 2 rings (SSSR count). The minimum Gasteiger partial charge on any atom is -0.207 e. The minimum absolute atomic E-state index is 0.132. The van der Waals surface area contributed by atoms with Crippen LogP contribution in [-0.2, 0) is 16.6 Å². The zero-order valence-corrected chi connectivity index (χ0v) is 16.7. The van der Waals surface area contributed by atoms with E-state index in [0.717, 1.165) is 27.8 Å². The summed E-state index contributed by atoms with van der Waals surface area (Å²) in [7, 11) is -3.64. The molecule has 24 heavy (non-hydrogen) atoms. The topological polar surface area (TPSA) is 46.2 Å². The predicted octanol–water partition coefficient (Wildman–Crippen LogP) is 5.01. The summed E-state index contributed by atoms with van der Waals surface area (Å²) < 4.78 is 28.4. The molecule has 0 atom stereocenters. The third-order valence-electron chi connectivity index (χ3n) is 4.59. The number of sulfonamides is 1. The molecule has 0 heterocycles. The van der Waals surface area contributed by atoms with Crippen LogP contribution >= 0.6 is 23.2 Å². The molecule has 6 heteroatoms. The summed E-state index contributed by atoms with van der Waals surface area (Å²) in [5, 5.41) is 0.956. The lowest BCUT2D eigenvalue weighted by Gasteiger charge is -2.19. The van der Waals surface area contributed by atoms with Crippen LogP contribution < -0.4 is 4.72 Å². The molecule has 0 saturated carbocycles. The highest BCUT2D eigenvalue weighted by atomic mass is 35.5. The first kappa shape index (κ1) is 19.3. The minimum atomic E-state index is -3.64. The summed E-state index contributed by atoms with van der Waals surface area (Å²) in [4.78, 5) is 0.358. The van der Waals surface area contributed by atoms with Crippen LogP contribution in [0.1, 0.15) is 33.4 Å². The van der Waals surface area contributed by atoms with Crippen molar-refractivity contribution >= 4 is 33.2 Å². The molecule has 0 bridgehead atoms. The van der Waals surface area contributed by atoms with Crippen LogP contribution in [0.15, 0.2) is 23.1 Å². The first-order valence-electron chi connectivity index (χ1n) is 7.56. The van der Waals surface area contributed by atoms with Crippen molar-refractivity contribution in [3.8, 4) is 0 Å². The summed E-state index contributed by atoms with van der Waals surface area (Å²) in [5.41, 5.74) is 5.42. The summed E-state index contributed by atoms with van der Waals surface area (Å²) in [6, 6.07) is 5.00. The second-order valence-electron chi connectivity index (χ2n) is 6.06. The highest BCUT2D eigenvalue weighted by Crippen LogP contribution is 2.29. The molecule has 0 aromatic heterocycles. The SMILES string of the molecule is Cc1c(C)c(C)c(S(=O)(=O)NCc2cc(Cl)cc(Cl)c2)c(C)c1C. The van der Waals surface area contributed by atoms with E-state index in [0.29, 0.717) is 20.5 Å². The van der Waals surface area contributed by atoms with Gasteiger partial charge in [-0.1, -0.05) is 23.2 Å².